The lowest BCUT2D eigenvalue weighted by atomic mass is 9.97. The minimum atomic E-state index is -0.754. The van der Waals surface area contributed by atoms with Gasteiger partial charge in [0.25, 0.3) is 5.91 Å². The number of allylic oxidation sites excluding steroid dienone is 1. The number of phenolic OH excluding ortho intramolecular Hbond substituents is 2. The maximum Gasteiger partial charge on any atom is 0.258 e. The first-order valence-electron chi connectivity index (χ1n) is 9.19. The van der Waals surface area contributed by atoms with Crippen LogP contribution in [0.3, 0.4) is 0 Å². The summed E-state index contributed by atoms with van der Waals surface area (Å²) in [7, 11) is 0. The number of phenols is 2. The van der Waals surface area contributed by atoms with E-state index in [4.69, 9.17) is 11.6 Å². The van der Waals surface area contributed by atoms with Crippen molar-refractivity contribution in [2.75, 3.05) is 11.9 Å². The van der Waals surface area contributed by atoms with Gasteiger partial charge in [-0.25, -0.2) is 9.18 Å². The zero-order valence-electron chi connectivity index (χ0n) is 16.0. The molecule has 3 rings (SSSR count). The van der Waals surface area contributed by atoms with Crippen LogP contribution in [0.5, 0.6) is 11.5 Å². The molecule has 1 aliphatic heterocycles. The molecule has 1 heterocycles. The Labute approximate surface area is 190 Å². The predicted molar refractivity (Wildman–Crippen MR) is 115 cm³/mol. The van der Waals surface area contributed by atoms with Crippen LogP contribution < -0.4 is 5.32 Å². The summed E-state index contributed by atoms with van der Waals surface area (Å²) in [6.07, 6.45) is 0.643. The number of Topliss-reactive ketones (excluding diaryl/α,β-unsaturated/α-hetero) is 1. The number of hydrogen-bond acceptors (Lipinski definition) is 6. The summed E-state index contributed by atoms with van der Waals surface area (Å²) in [4.78, 5) is 38.4. The molecule has 0 radical (unpaired) electrons. The first-order chi connectivity index (χ1) is 14.8. The third-order valence-electron chi connectivity index (χ3n) is 4.78. The van der Waals surface area contributed by atoms with Crippen LogP contribution in [0.15, 0.2) is 30.0 Å². The Bertz CT molecular complexity index is 1120. The molecule has 0 aromatic heterocycles. The van der Waals surface area contributed by atoms with E-state index in [1.54, 1.807) is 5.94 Å². The number of carbonyl (C=O) groups excluding carboxylic acids is 3. The highest BCUT2D eigenvalue weighted by Gasteiger charge is 2.36. The fraction of sp³-hybridized carbons (Fsp3) is 0.238. The molecule has 162 valence electrons. The number of amides is 1. The van der Waals surface area contributed by atoms with Crippen molar-refractivity contribution in [1.29, 1.82) is 0 Å². The fourth-order valence-electron chi connectivity index (χ4n) is 3.28. The second kappa shape index (κ2) is 9.51. The van der Waals surface area contributed by atoms with Crippen LogP contribution in [0.1, 0.15) is 38.3 Å². The lowest BCUT2D eigenvalue weighted by Gasteiger charge is -2.16. The van der Waals surface area contributed by atoms with Gasteiger partial charge in [0.1, 0.15) is 5.82 Å². The Morgan fingerprint density at radius 1 is 1.32 bits per heavy atom. The number of rotatable bonds is 8. The molecule has 3 N–H and O–H groups in total. The van der Waals surface area contributed by atoms with Crippen molar-refractivity contribution in [2.45, 2.75) is 19.5 Å². The average Bonchev–Trinajstić information content (AvgIpc) is 3.06. The summed E-state index contributed by atoms with van der Waals surface area (Å²) >= 11 is 9.04. The van der Waals surface area contributed by atoms with Crippen molar-refractivity contribution in [3.8, 4) is 11.5 Å². The highest BCUT2D eigenvalue weighted by Crippen LogP contribution is 2.40. The summed E-state index contributed by atoms with van der Waals surface area (Å²) in [5.41, 5.74) is 0.0531. The highest BCUT2D eigenvalue weighted by molar-refractivity contribution is 9.09. The summed E-state index contributed by atoms with van der Waals surface area (Å²) in [5.74, 6) is -1.73. The molecular weight excluding hydrogens is 495 g/mol. The monoisotopic (exact) mass is 510 g/mol. The molecule has 31 heavy (non-hydrogen) atoms. The molecule has 0 atom stereocenters. The Balaban J connectivity index is 1.95. The first kappa shape index (κ1) is 22.8. The summed E-state index contributed by atoms with van der Waals surface area (Å²) in [5, 5.41) is 23.6. The Morgan fingerprint density at radius 2 is 2.06 bits per heavy atom. The Hall–Kier alpha value is -2.87. The molecule has 0 aliphatic carbocycles. The zero-order chi connectivity index (χ0) is 22.7. The third kappa shape index (κ3) is 4.58. The largest absolute Gasteiger partial charge is 0.504 e. The second-order valence-electron chi connectivity index (χ2n) is 6.83. The lowest BCUT2D eigenvalue weighted by molar-refractivity contribution is 0.0763. The van der Waals surface area contributed by atoms with Gasteiger partial charge in [-0.15, -0.1) is 0 Å². The molecule has 7 nitrogen and oxygen atoms in total. The number of nitrogens with one attached hydrogen (secondary N) is 1. The van der Waals surface area contributed by atoms with Gasteiger partial charge < -0.3 is 20.4 Å². The van der Waals surface area contributed by atoms with E-state index in [-0.39, 0.29) is 40.5 Å². The zero-order valence-corrected chi connectivity index (χ0v) is 18.4. The SMILES string of the molecule is O=C=C(NCCCBr)C(=O)c1cc(O)c(O)c2c1CN(Cc1ccc(F)c(Cl)c1)C2=O. The van der Waals surface area contributed by atoms with Crippen LogP contribution in [-0.2, 0) is 17.9 Å². The molecule has 0 unspecified atom stereocenters. The predicted octanol–water partition coefficient (Wildman–Crippen LogP) is 3.32. The van der Waals surface area contributed by atoms with Gasteiger partial charge >= 0.3 is 0 Å². The van der Waals surface area contributed by atoms with E-state index in [1.807, 2.05) is 0 Å². The summed E-state index contributed by atoms with van der Waals surface area (Å²) < 4.78 is 13.4. The summed E-state index contributed by atoms with van der Waals surface area (Å²) in [6.45, 7) is 0.303. The van der Waals surface area contributed by atoms with E-state index in [1.165, 1.54) is 23.1 Å². The number of aromatic hydroxyl groups is 2. The van der Waals surface area contributed by atoms with Crippen molar-refractivity contribution in [1.82, 2.24) is 10.2 Å². The van der Waals surface area contributed by atoms with Crippen LogP contribution >= 0.6 is 27.5 Å². The molecule has 0 spiro atoms. The van der Waals surface area contributed by atoms with Crippen molar-refractivity contribution in [3.63, 3.8) is 0 Å². The fourth-order valence-corrected chi connectivity index (χ4v) is 3.76. The highest BCUT2D eigenvalue weighted by atomic mass is 79.9. The van der Waals surface area contributed by atoms with E-state index in [0.717, 1.165) is 6.07 Å². The normalized spacial score (nSPS) is 12.5. The number of ketones is 1. The van der Waals surface area contributed by atoms with Gasteiger partial charge in [0, 0.05) is 30.5 Å². The summed E-state index contributed by atoms with van der Waals surface area (Å²) in [6, 6.07) is 5.02. The molecule has 2 aromatic carbocycles. The van der Waals surface area contributed by atoms with Crippen molar-refractivity contribution in [2.24, 2.45) is 0 Å². The van der Waals surface area contributed by atoms with Crippen LogP contribution in [-0.4, -0.2) is 44.6 Å². The average molecular weight is 512 g/mol. The molecule has 1 amide bonds. The molecule has 0 saturated carbocycles. The van der Waals surface area contributed by atoms with Crippen LogP contribution in [0.25, 0.3) is 0 Å². The number of halogens is 3. The standard InChI is InChI=1S/C21H17BrClFN2O5/c22-4-1-5-25-16(10-27)19(29)12-7-17(28)20(30)18-13(12)9-26(21(18)31)8-11-2-3-15(24)14(23)6-11/h2-3,6-7,25,28,30H,1,4-5,8-9H2. The van der Waals surface area contributed by atoms with Gasteiger partial charge in [-0.3, -0.25) is 9.59 Å². The van der Waals surface area contributed by atoms with E-state index in [9.17, 15) is 29.0 Å². The van der Waals surface area contributed by atoms with Gasteiger partial charge in [-0.05, 0) is 35.7 Å². The van der Waals surface area contributed by atoms with Gasteiger partial charge in [-0.1, -0.05) is 33.6 Å². The topological polar surface area (TPSA) is 107 Å². The maximum absolute atomic E-state index is 13.4. The number of benzene rings is 2. The smallest absolute Gasteiger partial charge is 0.258 e. The molecule has 2 aromatic rings. The Morgan fingerprint density at radius 3 is 2.71 bits per heavy atom. The molecule has 0 saturated heterocycles. The maximum atomic E-state index is 13.4. The number of alkyl halides is 1. The minimum Gasteiger partial charge on any atom is -0.504 e. The second-order valence-corrected chi connectivity index (χ2v) is 8.03. The van der Waals surface area contributed by atoms with Crippen LogP contribution in [0.4, 0.5) is 4.39 Å². The van der Waals surface area contributed by atoms with Crippen molar-refractivity contribution < 1.29 is 29.0 Å². The molecule has 0 fully saturated rings. The quantitative estimate of drug-likeness (QED) is 0.125. The van der Waals surface area contributed by atoms with Gasteiger partial charge in [-0.2, -0.15) is 0 Å². The number of nitrogens with zero attached hydrogens (tertiary/aromatic N) is 1. The molecule has 0 bridgehead atoms. The van der Waals surface area contributed by atoms with Gasteiger partial charge in [0.05, 0.1) is 10.6 Å². The number of hydrogen-bond donors (Lipinski definition) is 3. The lowest BCUT2D eigenvalue weighted by Crippen LogP contribution is -2.24. The Kier molecular flexibility index (Phi) is 7.00. The minimum absolute atomic E-state index is 0.0290. The van der Waals surface area contributed by atoms with Crippen LogP contribution in [0, 0.1) is 5.82 Å². The first-order valence-corrected chi connectivity index (χ1v) is 10.7. The van der Waals surface area contributed by atoms with Gasteiger partial charge in [0.2, 0.25) is 5.78 Å². The van der Waals surface area contributed by atoms with Crippen LogP contribution in [0.2, 0.25) is 5.02 Å². The third-order valence-corrected chi connectivity index (χ3v) is 5.63. The van der Waals surface area contributed by atoms with E-state index < -0.39 is 29.0 Å². The van der Waals surface area contributed by atoms with Crippen molar-refractivity contribution in [3.05, 3.63) is 63.1 Å². The number of fused-ring (bicyclic) bond motifs is 1. The number of carbonyl (C=O) groups is 2. The van der Waals surface area contributed by atoms with E-state index in [0.29, 0.717) is 23.9 Å². The van der Waals surface area contributed by atoms with Gasteiger partial charge in [0.15, 0.2) is 23.1 Å². The van der Waals surface area contributed by atoms with Crippen molar-refractivity contribution >= 4 is 45.2 Å². The van der Waals surface area contributed by atoms with E-state index in [2.05, 4.69) is 21.2 Å². The molecular formula is C21H17BrClFN2O5. The van der Waals surface area contributed by atoms with E-state index >= 15 is 0 Å². The molecule has 10 heteroatoms. The molecule has 1 aliphatic rings.